The fraction of sp³-hybridized carbons (Fsp3) is 0.0667. The van der Waals surface area contributed by atoms with Crippen LogP contribution in [0.25, 0.3) is 0 Å². The van der Waals surface area contributed by atoms with Gasteiger partial charge >= 0.3 is 6.03 Å². The number of urea groups is 1. The number of carbonyl (C=O) groups is 2. The molecule has 0 aliphatic carbocycles. The molecule has 1 aliphatic heterocycles. The summed E-state index contributed by atoms with van der Waals surface area (Å²) in [5, 5.41) is 14.9. The summed E-state index contributed by atoms with van der Waals surface area (Å²) in [7, 11) is 0. The number of amides is 3. The molecule has 0 radical (unpaired) electrons. The fourth-order valence-corrected chi connectivity index (χ4v) is 2.48. The van der Waals surface area contributed by atoms with Crippen LogP contribution in [0, 0.1) is 0 Å². The van der Waals surface area contributed by atoms with Crippen molar-refractivity contribution in [1.82, 2.24) is 10.6 Å². The van der Waals surface area contributed by atoms with Crippen molar-refractivity contribution in [3.05, 3.63) is 65.7 Å². The van der Waals surface area contributed by atoms with Crippen LogP contribution < -0.4 is 10.6 Å². The van der Waals surface area contributed by atoms with Crippen molar-refractivity contribution in [2.75, 3.05) is 0 Å². The molecule has 0 aromatic heterocycles. The van der Waals surface area contributed by atoms with E-state index in [1.165, 1.54) is 6.07 Å². The number of aromatic hydroxyl groups is 1. The lowest BCUT2D eigenvalue weighted by Gasteiger charge is -2.27. The van der Waals surface area contributed by atoms with Crippen molar-refractivity contribution in [2.45, 2.75) is 5.54 Å². The SMILES string of the molecule is O=C1NC(=O)[C@@](c2ccccc2)(c2ccccc2O)N1. The second-order valence-electron chi connectivity index (χ2n) is 4.54. The molecule has 3 amide bonds. The van der Waals surface area contributed by atoms with Crippen LogP contribution in [0.2, 0.25) is 0 Å². The van der Waals surface area contributed by atoms with E-state index in [1.807, 2.05) is 6.07 Å². The summed E-state index contributed by atoms with van der Waals surface area (Å²) in [4.78, 5) is 24.0. The molecule has 3 N–H and O–H groups in total. The molecule has 1 aliphatic rings. The van der Waals surface area contributed by atoms with Gasteiger partial charge in [0.15, 0.2) is 5.54 Å². The standard InChI is InChI=1S/C15H12N2O3/c18-12-9-5-4-8-11(12)15(10-6-2-1-3-7-10)13(19)16-14(20)17-15/h1-9,18H,(H2,16,17,19,20)/t15-/m1/s1. The number of para-hydroxylation sites is 1. The largest absolute Gasteiger partial charge is 0.508 e. The van der Waals surface area contributed by atoms with Gasteiger partial charge in [0.2, 0.25) is 0 Å². The van der Waals surface area contributed by atoms with Gasteiger partial charge in [-0.3, -0.25) is 10.1 Å². The molecule has 1 saturated heterocycles. The zero-order valence-corrected chi connectivity index (χ0v) is 10.5. The first kappa shape index (κ1) is 12.2. The van der Waals surface area contributed by atoms with E-state index in [0.29, 0.717) is 11.1 Å². The summed E-state index contributed by atoms with van der Waals surface area (Å²) in [6, 6.07) is 14.7. The molecule has 1 heterocycles. The monoisotopic (exact) mass is 268 g/mol. The molecule has 5 heteroatoms. The van der Waals surface area contributed by atoms with Gasteiger partial charge in [0.05, 0.1) is 0 Å². The van der Waals surface area contributed by atoms with E-state index >= 15 is 0 Å². The van der Waals surface area contributed by atoms with Gasteiger partial charge in [-0.15, -0.1) is 0 Å². The molecule has 0 saturated carbocycles. The number of rotatable bonds is 2. The molecule has 1 fully saturated rings. The number of benzene rings is 2. The van der Waals surface area contributed by atoms with Crippen molar-refractivity contribution in [3.8, 4) is 5.75 Å². The van der Waals surface area contributed by atoms with Crippen LogP contribution in [0.4, 0.5) is 4.79 Å². The van der Waals surface area contributed by atoms with Crippen LogP contribution >= 0.6 is 0 Å². The molecule has 0 spiro atoms. The van der Waals surface area contributed by atoms with Crippen LogP contribution in [0.15, 0.2) is 54.6 Å². The molecule has 100 valence electrons. The summed E-state index contributed by atoms with van der Waals surface area (Å²) in [6.07, 6.45) is 0. The lowest BCUT2D eigenvalue weighted by atomic mass is 9.82. The summed E-state index contributed by atoms with van der Waals surface area (Å²) >= 11 is 0. The zero-order chi connectivity index (χ0) is 14.2. The Balaban J connectivity index is 2.28. The van der Waals surface area contributed by atoms with Crippen molar-refractivity contribution in [2.24, 2.45) is 0 Å². The lowest BCUT2D eigenvalue weighted by molar-refractivity contribution is -0.122. The number of phenolic OH excluding ortho intramolecular Hbond substituents is 1. The molecule has 1 atom stereocenters. The first-order valence-corrected chi connectivity index (χ1v) is 6.12. The Morgan fingerprint density at radius 2 is 1.55 bits per heavy atom. The fourth-order valence-electron chi connectivity index (χ4n) is 2.48. The number of hydrogen-bond acceptors (Lipinski definition) is 3. The Morgan fingerprint density at radius 3 is 2.15 bits per heavy atom. The predicted molar refractivity (Wildman–Crippen MR) is 72.0 cm³/mol. The van der Waals surface area contributed by atoms with Gasteiger partial charge in [-0.05, 0) is 11.6 Å². The Hall–Kier alpha value is -2.82. The third-order valence-corrected chi connectivity index (χ3v) is 3.38. The van der Waals surface area contributed by atoms with Gasteiger partial charge in [0, 0.05) is 5.56 Å². The summed E-state index contributed by atoms with van der Waals surface area (Å²) in [6.45, 7) is 0. The zero-order valence-electron chi connectivity index (χ0n) is 10.5. The highest BCUT2D eigenvalue weighted by atomic mass is 16.3. The van der Waals surface area contributed by atoms with Crippen LogP contribution in [-0.2, 0) is 10.3 Å². The van der Waals surface area contributed by atoms with E-state index in [4.69, 9.17) is 0 Å². The Bertz CT molecular complexity index is 685. The van der Waals surface area contributed by atoms with E-state index in [0.717, 1.165) is 0 Å². The van der Waals surface area contributed by atoms with Crippen molar-refractivity contribution >= 4 is 11.9 Å². The maximum Gasteiger partial charge on any atom is 0.322 e. The normalized spacial score (nSPS) is 21.4. The molecular weight excluding hydrogens is 256 g/mol. The van der Waals surface area contributed by atoms with Crippen LogP contribution in [-0.4, -0.2) is 17.0 Å². The van der Waals surface area contributed by atoms with E-state index in [9.17, 15) is 14.7 Å². The summed E-state index contributed by atoms with van der Waals surface area (Å²) in [5.41, 5.74) is -0.469. The highest BCUT2D eigenvalue weighted by Crippen LogP contribution is 2.37. The quantitative estimate of drug-likeness (QED) is 0.722. The smallest absolute Gasteiger partial charge is 0.322 e. The Morgan fingerprint density at radius 1 is 0.900 bits per heavy atom. The number of carbonyl (C=O) groups excluding carboxylic acids is 2. The number of hydrogen-bond donors (Lipinski definition) is 3. The second-order valence-corrected chi connectivity index (χ2v) is 4.54. The van der Waals surface area contributed by atoms with Gasteiger partial charge in [-0.25, -0.2) is 4.79 Å². The minimum atomic E-state index is -1.40. The summed E-state index contributed by atoms with van der Waals surface area (Å²) < 4.78 is 0. The van der Waals surface area contributed by atoms with E-state index in [-0.39, 0.29) is 5.75 Å². The number of nitrogens with one attached hydrogen (secondary N) is 2. The first-order valence-electron chi connectivity index (χ1n) is 6.12. The van der Waals surface area contributed by atoms with Gasteiger partial charge in [-0.1, -0.05) is 48.5 Å². The molecular formula is C15H12N2O3. The molecule has 2 aromatic carbocycles. The van der Waals surface area contributed by atoms with Crippen LogP contribution in [0.1, 0.15) is 11.1 Å². The number of imide groups is 1. The van der Waals surface area contributed by atoms with Gasteiger partial charge in [0.1, 0.15) is 5.75 Å². The molecule has 0 bridgehead atoms. The molecule has 0 unspecified atom stereocenters. The molecule has 2 aromatic rings. The highest BCUT2D eigenvalue weighted by Gasteiger charge is 2.50. The van der Waals surface area contributed by atoms with Gasteiger partial charge < -0.3 is 10.4 Å². The minimum absolute atomic E-state index is 0.0475. The van der Waals surface area contributed by atoms with E-state index in [2.05, 4.69) is 10.6 Å². The predicted octanol–water partition coefficient (Wildman–Crippen LogP) is 1.48. The third-order valence-electron chi connectivity index (χ3n) is 3.38. The maximum absolute atomic E-state index is 12.4. The van der Waals surface area contributed by atoms with E-state index in [1.54, 1.807) is 42.5 Å². The van der Waals surface area contributed by atoms with Crippen molar-refractivity contribution in [3.63, 3.8) is 0 Å². The van der Waals surface area contributed by atoms with Crippen LogP contribution in [0.3, 0.4) is 0 Å². The molecule has 5 nitrogen and oxygen atoms in total. The van der Waals surface area contributed by atoms with Crippen molar-refractivity contribution < 1.29 is 14.7 Å². The maximum atomic E-state index is 12.4. The second kappa shape index (κ2) is 4.38. The molecule has 3 rings (SSSR count). The van der Waals surface area contributed by atoms with Gasteiger partial charge in [0.25, 0.3) is 5.91 Å². The third kappa shape index (κ3) is 1.64. The van der Waals surface area contributed by atoms with Crippen LogP contribution in [0.5, 0.6) is 5.75 Å². The van der Waals surface area contributed by atoms with E-state index < -0.39 is 17.5 Å². The first-order chi connectivity index (χ1) is 9.64. The highest BCUT2D eigenvalue weighted by molar-refractivity contribution is 6.09. The lowest BCUT2D eigenvalue weighted by Crippen LogP contribution is -2.44. The minimum Gasteiger partial charge on any atom is -0.508 e. The van der Waals surface area contributed by atoms with Gasteiger partial charge in [-0.2, -0.15) is 0 Å². The topological polar surface area (TPSA) is 78.4 Å². The number of phenols is 1. The molecule has 20 heavy (non-hydrogen) atoms. The summed E-state index contributed by atoms with van der Waals surface area (Å²) in [5.74, 6) is -0.552. The Labute approximate surface area is 115 Å². The average molecular weight is 268 g/mol. The van der Waals surface area contributed by atoms with Crippen molar-refractivity contribution in [1.29, 1.82) is 0 Å². The Kier molecular flexibility index (Phi) is 2.68. The average Bonchev–Trinajstić information content (AvgIpc) is 2.76.